The minimum absolute atomic E-state index is 0. The molecule has 1 aromatic rings. The van der Waals surface area contributed by atoms with Gasteiger partial charge in [0.2, 0.25) is 0 Å². The molecule has 0 bridgehead atoms. The molecule has 0 fully saturated rings. The molecule has 0 aromatic heterocycles. The summed E-state index contributed by atoms with van der Waals surface area (Å²) in [6.45, 7) is 8.56. The van der Waals surface area contributed by atoms with Crippen molar-refractivity contribution in [2.45, 2.75) is 27.7 Å². The van der Waals surface area contributed by atoms with Gasteiger partial charge in [0.1, 0.15) is 0 Å². The minimum Gasteiger partial charge on any atom is -0.491 e. The van der Waals surface area contributed by atoms with Gasteiger partial charge < -0.3 is 24.5 Å². The Kier molecular flexibility index (Phi) is 28.9. The molecular formula is C14H28OPtSi2. The Hall–Kier alpha value is 0.172. The Morgan fingerprint density at radius 1 is 1.17 bits per heavy atom. The van der Waals surface area contributed by atoms with Crippen molar-refractivity contribution in [1.29, 1.82) is 0 Å². The molecule has 4 heteroatoms. The predicted octanol–water partition coefficient (Wildman–Crippen LogP) is 2.97. The standard InChI is InChI=1S/C7H17OSi2.C5H5.2CH3.Pt/c1-6(2)5-9-8-10-7(3)4;1-2-4-5-3-1;;;/h5H,9-10H2,1-4H3;1-5H;2*1H3;/q4*-1;+4. The van der Waals surface area contributed by atoms with E-state index in [1.165, 1.54) is 11.1 Å². The van der Waals surface area contributed by atoms with E-state index in [0.717, 1.165) is 0 Å². The van der Waals surface area contributed by atoms with Crippen molar-refractivity contribution >= 4 is 19.5 Å². The van der Waals surface area contributed by atoms with E-state index in [4.69, 9.17) is 4.12 Å². The van der Waals surface area contributed by atoms with Crippen LogP contribution in [0.5, 0.6) is 0 Å². The fourth-order valence-corrected chi connectivity index (χ4v) is 3.72. The van der Waals surface area contributed by atoms with Gasteiger partial charge in [-0.3, -0.25) is 0 Å². The fraction of sp³-hybridized carbons (Fsp3) is 0.286. The molecule has 0 spiro atoms. The van der Waals surface area contributed by atoms with E-state index < -0.39 is 0 Å². The van der Waals surface area contributed by atoms with Gasteiger partial charge in [-0.1, -0.05) is 11.3 Å². The smallest absolute Gasteiger partial charge is 0.491 e. The van der Waals surface area contributed by atoms with Crippen molar-refractivity contribution in [2.24, 2.45) is 0 Å². The van der Waals surface area contributed by atoms with Crippen LogP contribution in [-0.4, -0.2) is 19.5 Å². The van der Waals surface area contributed by atoms with Crippen molar-refractivity contribution in [3.8, 4) is 0 Å². The van der Waals surface area contributed by atoms with Crippen LogP contribution in [0.1, 0.15) is 27.7 Å². The van der Waals surface area contributed by atoms with Crippen molar-refractivity contribution in [3.05, 3.63) is 62.0 Å². The molecule has 0 heterocycles. The number of rotatable bonds is 4. The van der Waals surface area contributed by atoms with E-state index in [-0.39, 0.29) is 55.4 Å². The first-order chi connectivity index (χ1) is 7.13. The van der Waals surface area contributed by atoms with Gasteiger partial charge >= 0.3 is 21.1 Å². The molecule has 1 aromatic carbocycles. The average molecular weight is 464 g/mol. The van der Waals surface area contributed by atoms with Crippen molar-refractivity contribution in [3.63, 3.8) is 0 Å². The first kappa shape index (κ1) is 26.7. The summed E-state index contributed by atoms with van der Waals surface area (Å²) < 4.78 is 5.57. The van der Waals surface area contributed by atoms with Crippen LogP contribution in [0.3, 0.4) is 0 Å². The average Bonchev–Trinajstić information content (AvgIpc) is 2.69. The third-order valence-electron chi connectivity index (χ3n) is 1.56. The second-order valence-corrected chi connectivity index (χ2v) is 8.04. The molecule has 18 heavy (non-hydrogen) atoms. The van der Waals surface area contributed by atoms with E-state index in [1.807, 2.05) is 30.3 Å². The Bertz CT molecular complexity index is 225. The van der Waals surface area contributed by atoms with Crippen LogP contribution in [0, 0.1) is 20.4 Å². The molecule has 0 saturated carbocycles. The van der Waals surface area contributed by atoms with E-state index in [0.29, 0.717) is 0 Å². The molecule has 0 aliphatic carbocycles. The first-order valence-electron chi connectivity index (χ1n) is 5.29. The summed E-state index contributed by atoms with van der Waals surface area (Å²) in [6, 6.07) is 10.0. The summed E-state index contributed by atoms with van der Waals surface area (Å²) in [7, 11) is -0.563. The van der Waals surface area contributed by atoms with Crippen molar-refractivity contribution in [1.82, 2.24) is 0 Å². The summed E-state index contributed by atoms with van der Waals surface area (Å²) >= 11 is 0. The van der Waals surface area contributed by atoms with Gasteiger partial charge in [-0.15, -0.1) is 0 Å². The third kappa shape index (κ3) is 25.1. The molecule has 108 valence electrons. The quantitative estimate of drug-likeness (QED) is 0.379. The van der Waals surface area contributed by atoms with E-state index in [9.17, 15) is 0 Å². The largest absolute Gasteiger partial charge is 4.00 e. The first-order valence-corrected chi connectivity index (χ1v) is 7.97. The van der Waals surface area contributed by atoms with Gasteiger partial charge in [0, 0.05) is 0 Å². The van der Waals surface area contributed by atoms with Crippen LogP contribution in [0.4, 0.5) is 0 Å². The SMILES string of the molecule is CC(C)=C[SiH2]O[SiH2][C-](C)C.[CH3-].[CH3-].[Pt+4].c1cc[cH-]c1. The molecule has 1 rings (SSSR count). The molecule has 0 amide bonds. The molecule has 0 N–H and O–H groups in total. The van der Waals surface area contributed by atoms with Crippen LogP contribution >= 0.6 is 0 Å². The molecule has 0 aliphatic rings. The molecule has 0 radical (unpaired) electrons. The fourth-order valence-electron chi connectivity index (χ4n) is 0.809. The summed E-state index contributed by atoms with van der Waals surface area (Å²) in [5, 5.41) is 0. The number of allylic oxidation sites excluding steroid dienone is 1. The minimum atomic E-state index is -0.300. The Morgan fingerprint density at radius 3 is 1.94 bits per heavy atom. The molecule has 1 nitrogen and oxygen atoms in total. The zero-order valence-corrected chi connectivity index (χ0v) is 17.7. The zero-order valence-electron chi connectivity index (χ0n) is 12.6. The summed E-state index contributed by atoms with van der Waals surface area (Å²) in [5.41, 5.74) is 5.15. The zero-order chi connectivity index (χ0) is 11.5. The van der Waals surface area contributed by atoms with Crippen LogP contribution in [0.15, 0.2) is 41.6 Å². The molecule has 0 atom stereocenters. The number of hydrogen-bond donors (Lipinski definition) is 0. The predicted molar refractivity (Wildman–Crippen MR) is 87.1 cm³/mol. The van der Waals surface area contributed by atoms with E-state index >= 15 is 0 Å². The maximum atomic E-state index is 5.57. The van der Waals surface area contributed by atoms with Gasteiger partial charge in [-0.2, -0.15) is 32.0 Å². The van der Waals surface area contributed by atoms with E-state index in [2.05, 4.69) is 33.4 Å². The second-order valence-electron chi connectivity index (χ2n) is 3.97. The van der Waals surface area contributed by atoms with Crippen LogP contribution in [-0.2, 0) is 25.2 Å². The van der Waals surface area contributed by atoms with Crippen molar-refractivity contribution in [2.75, 3.05) is 0 Å². The topological polar surface area (TPSA) is 9.23 Å². The van der Waals surface area contributed by atoms with Gasteiger partial charge in [0.25, 0.3) is 0 Å². The summed E-state index contributed by atoms with van der Waals surface area (Å²) in [6.07, 6.45) is 0. The number of hydrogen-bond acceptors (Lipinski definition) is 1. The van der Waals surface area contributed by atoms with Crippen molar-refractivity contribution < 1.29 is 25.2 Å². The Labute approximate surface area is 134 Å². The van der Waals surface area contributed by atoms with Gasteiger partial charge in [-0.05, 0) is 23.6 Å². The normalized spacial score (nSPS) is 9.17. The summed E-state index contributed by atoms with van der Waals surface area (Å²) in [5.74, 6) is 0. The third-order valence-corrected chi connectivity index (χ3v) is 4.88. The molecule has 0 unspecified atom stereocenters. The Balaban J connectivity index is -0.000000106. The van der Waals surface area contributed by atoms with Crippen LogP contribution < -0.4 is 0 Å². The van der Waals surface area contributed by atoms with Crippen LogP contribution in [0.2, 0.25) is 0 Å². The van der Waals surface area contributed by atoms with Gasteiger partial charge in [0.05, 0.1) is 0 Å². The van der Waals surface area contributed by atoms with Gasteiger partial charge in [0.15, 0.2) is 9.76 Å². The molecule has 0 saturated heterocycles. The maximum Gasteiger partial charge on any atom is 4.00 e. The van der Waals surface area contributed by atoms with E-state index in [1.54, 1.807) is 0 Å². The maximum absolute atomic E-state index is 5.57. The monoisotopic (exact) mass is 463 g/mol. The van der Waals surface area contributed by atoms with Crippen LogP contribution in [0.25, 0.3) is 0 Å². The van der Waals surface area contributed by atoms with Gasteiger partial charge in [-0.25, -0.2) is 12.1 Å². The molecule has 0 aliphatic heterocycles. The Morgan fingerprint density at radius 2 is 1.67 bits per heavy atom. The summed E-state index contributed by atoms with van der Waals surface area (Å²) in [4.78, 5) is 0. The second kappa shape index (κ2) is 19.5. The molecular weight excluding hydrogens is 435 g/mol.